The van der Waals surface area contributed by atoms with Gasteiger partial charge in [0.25, 0.3) is 5.91 Å². The largest absolute Gasteiger partial charge is 0.461 e. The molecule has 138 valence electrons. The third-order valence-corrected chi connectivity index (χ3v) is 4.93. The summed E-state index contributed by atoms with van der Waals surface area (Å²) in [6.07, 6.45) is 1.21. The predicted molar refractivity (Wildman–Crippen MR) is 101 cm³/mol. The molecule has 0 N–H and O–H groups in total. The molecule has 1 saturated heterocycles. The van der Waals surface area contributed by atoms with Gasteiger partial charge < -0.3 is 9.64 Å². The lowest BCUT2D eigenvalue weighted by atomic mass is 9.96. The maximum absolute atomic E-state index is 12.7. The third kappa shape index (κ3) is 4.53. The summed E-state index contributed by atoms with van der Waals surface area (Å²) in [4.78, 5) is 26.8. The van der Waals surface area contributed by atoms with Crippen LogP contribution in [0.3, 0.4) is 0 Å². The first-order valence-corrected chi connectivity index (χ1v) is 9.09. The quantitative estimate of drug-likeness (QED) is 0.781. The summed E-state index contributed by atoms with van der Waals surface area (Å²) < 4.78 is 5.41. The number of rotatable bonds is 4. The van der Waals surface area contributed by atoms with Crippen LogP contribution >= 0.6 is 0 Å². The molecule has 1 heterocycles. The number of carbonyl (C=O) groups excluding carboxylic acids is 2. The van der Waals surface area contributed by atoms with Crippen LogP contribution in [0, 0.1) is 24.2 Å². The average molecular weight is 362 g/mol. The van der Waals surface area contributed by atoms with Crippen LogP contribution in [0.4, 0.5) is 0 Å². The number of piperidine rings is 1. The van der Waals surface area contributed by atoms with E-state index in [-0.39, 0.29) is 24.4 Å². The van der Waals surface area contributed by atoms with Gasteiger partial charge in [0.05, 0.1) is 17.6 Å². The summed E-state index contributed by atoms with van der Waals surface area (Å²) in [5, 5.41) is 8.92. The van der Waals surface area contributed by atoms with E-state index in [0.717, 1.165) is 16.7 Å². The molecule has 5 nitrogen and oxygen atoms in total. The number of carbonyl (C=O) groups is 2. The minimum Gasteiger partial charge on any atom is -0.461 e. The first-order valence-electron chi connectivity index (χ1n) is 9.09. The summed E-state index contributed by atoms with van der Waals surface area (Å²) in [7, 11) is 0. The van der Waals surface area contributed by atoms with Crippen molar-refractivity contribution in [1.29, 1.82) is 5.26 Å². The van der Waals surface area contributed by atoms with Crippen LogP contribution in [0.5, 0.6) is 0 Å². The number of benzene rings is 2. The van der Waals surface area contributed by atoms with Crippen LogP contribution in [0.1, 0.15) is 39.9 Å². The molecule has 1 fully saturated rings. The van der Waals surface area contributed by atoms with Crippen molar-refractivity contribution in [3.05, 3.63) is 70.8 Å². The van der Waals surface area contributed by atoms with E-state index >= 15 is 0 Å². The third-order valence-electron chi connectivity index (χ3n) is 4.93. The molecule has 1 amide bonds. The van der Waals surface area contributed by atoms with Crippen molar-refractivity contribution in [3.8, 4) is 6.07 Å². The van der Waals surface area contributed by atoms with E-state index in [4.69, 9.17) is 10.00 Å². The highest BCUT2D eigenvalue weighted by molar-refractivity contribution is 5.95. The first kappa shape index (κ1) is 18.7. The number of aryl methyl sites for hydroxylation is 1. The number of hydrogen-bond donors (Lipinski definition) is 0. The Kier molecular flexibility index (Phi) is 5.87. The summed E-state index contributed by atoms with van der Waals surface area (Å²) in [6, 6.07) is 16.7. The molecule has 5 heteroatoms. The monoisotopic (exact) mass is 362 g/mol. The normalized spacial score (nSPS) is 14.4. The van der Waals surface area contributed by atoms with Gasteiger partial charge in [-0.3, -0.25) is 9.59 Å². The Hall–Kier alpha value is -3.13. The molecule has 0 saturated carbocycles. The van der Waals surface area contributed by atoms with Gasteiger partial charge in [0.2, 0.25) is 0 Å². The van der Waals surface area contributed by atoms with Crippen molar-refractivity contribution in [2.75, 3.05) is 13.1 Å². The van der Waals surface area contributed by atoms with Gasteiger partial charge in [-0.05, 0) is 49.1 Å². The fraction of sp³-hybridized carbons (Fsp3) is 0.318. The van der Waals surface area contributed by atoms with E-state index in [9.17, 15) is 9.59 Å². The fourth-order valence-electron chi connectivity index (χ4n) is 3.30. The number of hydrogen-bond acceptors (Lipinski definition) is 4. The highest BCUT2D eigenvalue weighted by Gasteiger charge is 2.29. The number of likely N-dealkylation sites (tertiary alicyclic amines) is 1. The average Bonchev–Trinajstić information content (AvgIpc) is 2.72. The van der Waals surface area contributed by atoms with Gasteiger partial charge in [0, 0.05) is 18.7 Å². The topological polar surface area (TPSA) is 70.4 Å². The molecule has 1 aliphatic rings. The van der Waals surface area contributed by atoms with Gasteiger partial charge >= 0.3 is 5.97 Å². The van der Waals surface area contributed by atoms with E-state index < -0.39 is 0 Å². The SMILES string of the molecule is Cc1ccccc1C(=O)N1CCC(C(=O)OCc2cccc(C#N)c2)CC1. The van der Waals surface area contributed by atoms with Crippen molar-refractivity contribution in [2.45, 2.75) is 26.4 Å². The van der Waals surface area contributed by atoms with E-state index in [2.05, 4.69) is 6.07 Å². The number of amides is 1. The lowest BCUT2D eigenvalue weighted by Crippen LogP contribution is -2.40. The smallest absolute Gasteiger partial charge is 0.309 e. The molecular weight excluding hydrogens is 340 g/mol. The van der Waals surface area contributed by atoms with Crippen molar-refractivity contribution in [2.24, 2.45) is 5.92 Å². The van der Waals surface area contributed by atoms with E-state index in [0.29, 0.717) is 31.5 Å². The van der Waals surface area contributed by atoms with Crippen LogP contribution < -0.4 is 0 Å². The van der Waals surface area contributed by atoms with E-state index in [1.54, 1.807) is 18.2 Å². The number of ether oxygens (including phenoxy) is 1. The van der Waals surface area contributed by atoms with Crippen molar-refractivity contribution in [3.63, 3.8) is 0 Å². The zero-order valence-corrected chi connectivity index (χ0v) is 15.4. The molecule has 0 aromatic heterocycles. The molecule has 1 aliphatic heterocycles. The first-order chi connectivity index (χ1) is 13.1. The summed E-state index contributed by atoms with van der Waals surface area (Å²) in [6.45, 7) is 3.20. The molecular formula is C22H22N2O3. The van der Waals surface area contributed by atoms with Crippen LogP contribution in [0.2, 0.25) is 0 Å². The van der Waals surface area contributed by atoms with Crippen LogP contribution in [-0.4, -0.2) is 29.9 Å². The lowest BCUT2D eigenvalue weighted by molar-refractivity contribution is -0.151. The second-order valence-electron chi connectivity index (χ2n) is 6.80. The van der Waals surface area contributed by atoms with Crippen LogP contribution in [0.25, 0.3) is 0 Å². The number of nitrogens with zero attached hydrogens (tertiary/aromatic N) is 2. The van der Waals surface area contributed by atoms with Gasteiger partial charge in [0.15, 0.2) is 0 Å². The van der Waals surface area contributed by atoms with Crippen LogP contribution in [0.15, 0.2) is 48.5 Å². The Morgan fingerprint density at radius 3 is 2.59 bits per heavy atom. The molecule has 0 unspecified atom stereocenters. The molecule has 0 radical (unpaired) electrons. The maximum atomic E-state index is 12.7. The Labute approximate surface area is 159 Å². The Morgan fingerprint density at radius 2 is 1.89 bits per heavy atom. The standard InChI is InChI=1S/C22H22N2O3/c1-16-5-2-3-8-20(16)21(25)24-11-9-19(10-12-24)22(26)27-15-18-7-4-6-17(13-18)14-23/h2-8,13,19H,9-12,15H2,1H3. The minimum atomic E-state index is -0.236. The molecule has 2 aromatic rings. The minimum absolute atomic E-state index is 0.0215. The number of nitriles is 1. The van der Waals surface area contributed by atoms with E-state index in [1.807, 2.05) is 42.2 Å². The van der Waals surface area contributed by atoms with Crippen molar-refractivity contribution < 1.29 is 14.3 Å². The molecule has 0 bridgehead atoms. The fourth-order valence-corrected chi connectivity index (χ4v) is 3.30. The molecule has 3 rings (SSSR count). The summed E-state index contributed by atoms with van der Waals surface area (Å²) in [5.74, 6) is -0.404. The highest BCUT2D eigenvalue weighted by atomic mass is 16.5. The lowest BCUT2D eigenvalue weighted by Gasteiger charge is -2.31. The molecule has 0 aliphatic carbocycles. The Morgan fingerprint density at radius 1 is 1.15 bits per heavy atom. The van der Waals surface area contributed by atoms with Gasteiger partial charge in [-0.25, -0.2) is 0 Å². The second kappa shape index (κ2) is 8.50. The predicted octanol–water partition coefficient (Wildman–Crippen LogP) is 3.46. The molecule has 27 heavy (non-hydrogen) atoms. The van der Waals surface area contributed by atoms with Gasteiger partial charge in [-0.1, -0.05) is 30.3 Å². The Bertz CT molecular complexity index is 877. The summed E-state index contributed by atoms with van der Waals surface area (Å²) in [5.41, 5.74) is 3.03. The molecule has 0 atom stereocenters. The molecule has 2 aromatic carbocycles. The van der Waals surface area contributed by atoms with E-state index in [1.165, 1.54) is 0 Å². The molecule has 0 spiro atoms. The zero-order valence-electron chi connectivity index (χ0n) is 15.4. The second-order valence-corrected chi connectivity index (χ2v) is 6.80. The maximum Gasteiger partial charge on any atom is 0.309 e. The van der Waals surface area contributed by atoms with Gasteiger partial charge in [-0.2, -0.15) is 5.26 Å². The summed E-state index contributed by atoms with van der Waals surface area (Å²) >= 11 is 0. The zero-order chi connectivity index (χ0) is 19.2. The van der Waals surface area contributed by atoms with Gasteiger partial charge in [-0.15, -0.1) is 0 Å². The van der Waals surface area contributed by atoms with Gasteiger partial charge in [0.1, 0.15) is 6.61 Å². The Balaban J connectivity index is 1.51. The number of esters is 1. The van der Waals surface area contributed by atoms with Crippen molar-refractivity contribution in [1.82, 2.24) is 4.90 Å². The van der Waals surface area contributed by atoms with Crippen LogP contribution in [-0.2, 0) is 16.1 Å². The highest BCUT2D eigenvalue weighted by Crippen LogP contribution is 2.22. The van der Waals surface area contributed by atoms with Crippen molar-refractivity contribution >= 4 is 11.9 Å².